The second-order valence-corrected chi connectivity index (χ2v) is 4.26. The summed E-state index contributed by atoms with van der Waals surface area (Å²) in [6, 6.07) is 0. The van der Waals surface area contributed by atoms with Crippen molar-refractivity contribution in [2.24, 2.45) is 5.92 Å². The molecule has 0 amide bonds. The third-order valence-corrected chi connectivity index (χ3v) is 2.74. The van der Waals surface area contributed by atoms with Crippen molar-refractivity contribution in [1.29, 1.82) is 0 Å². The fraction of sp³-hybridized carbons (Fsp3) is 1.00. The van der Waals surface area contributed by atoms with Crippen molar-refractivity contribution < 1.29 is 14.6 Å². The first-order chi connectivity index (χ1) is 6.41. The van der Waals surface area contributed by atoms with Gasteiger partial charge in [0.2, 0.25) is 0 Å². The van der Waals surface area contributed by atoms with E-state index in [0.717, 1.165) is 6.42 Å². The highest BCUT2D eigenvalue weighted by Gasteiger charge is 2.40. The first-order valence-electron chi connectivity index (χ1n) is 5.19. The van der Waals surface area contributed by atoms with E-state index in [4.69, 9.17) is 9.47 Å². The van der Waals surface area contributed by atoms with Gasteiger partial charge in [-0.05, 0) is 19.3 Å². The van der Waals surface area contributed by atoms with Gasteiger partial charge in [-0.2, -0.15) is 0 Å². The van der Waals surface area contributed by atoms with E-state index in [1.165, 1.54) is 0 Å². The molecule has 0 spiro atoms. The lowest BCUT2D eigenvalue weighted by molar-refractivity contribution is -0.169. The van der Waals surface area contributed by atoms with Crippen LogP contribution in [0.3, 0.4) is 0 Å². The molecule has 3 atom stereocenters. The average Bonchev–Trinajstić information content (AvgIpc) is 2.05. The lowest BCUT2D eigenvalue weighted by atomic mass is 9.84. The van der Waals surface area contributed by atoms with E-state index in [0.29, 0.717) is 0 Å². The van der Waals surface area contributed by atoms with Crippen LogP contribution in [0.5, 0.6) is 0 Å². The number of aliphatic hydroxyl groups is 1. The molecule has 0 aromatic rings. The Bertz CT molecular complexity index is 151. The van der Waals surface area contributed by atoms with Gasteiger partial charge in [0.05, 0.1) is 12.2 Å². The summed E-state index contributed by atoms with van der Waals surface area (Å²) in [5, 5.41) is 10.4. The minimum absolute atomic E-state index is 0.185. The number of ether oxygens (including phenoxy) is 2. The van der Waals surface area contributed by atoms with Gasteiger partial charge in [0.25, 0.3) is 0 Å². The van der Waals surface area contributed by atoms with Crippen LogP contribution in [-0.2, 0) is 9.47 Å². The van der Waals surface area contributed by atoms with E-state index in [2.05, 4.69) is 0 Å². The van der Waals surface area contributed by atoms with E-state index in [1.54, 1.807) is 21.1 Å². The van der Waals surface area contributed by atoms with Crippen LogP contribution >= 0.6 is 0 Å². The van der Waals surface area contributed by atoms with Gasteiger partial charge in [-0.25, -0.2) is 0 Å². The number of hydrogen-bond donors (Lipinski definition) is 1. The Morgan fingerprint density at radius 2 is 1.71 bits per heavy atom. The smallest absolute Gasteiger partial charge is 0.114 e. The second-order valence-electron chi connectivity index (χ2n) is 4.26. The molecule has 1 N–H and O–H groups in total. The molecule has 0 fully saturated rings. The Morgan fingerprint density at radius 1 is 1.21 bits per heavy atom. The van der Waals surface area contributed by atoms with Crippen LogP contribution in [0.4, 0.5) is 0 Å². The molecule has 0 bridgehead atoms. The Kier molecular flexibility index (Phi) is 5.64. The topological polar surface area (TPSA) is 38.7 Å². The van der Waals surface area contributed by atoms with Crippen molar-refractivity contribution in [2.75, 3.05) is 14.2 Å². The van der Waals surface area contributed by atoms with Gasteiger partial charge in [-0.3, -0.25) is 0 Å². The van der Waals surface area contributed by atoms with E-state index < -0.39 is 5.60 Å². The zero-order valence-electron chi connectivity index (χ0n) is 10.2. The van der Waals surface area contributed by atoms with Gasteiger partial charge in [0.15, 0.2) is 0 Å². The van der Waals surface area contributed by atoms with Gasteiger partial charge >= 0.3 is 0 Å². The predicted molar refractivity (Wildman–Crippen MR) is 57.3 cm³/mol. The molecular weight excluding hydrogens is 180 g/mol. The summed E-state index contributed by atoms with van der Waals surface area (Å²) in [6.45, 7) is 7.84. The third kappa shape index (κ3) is 2.94. The Balaban J connectivity index is 4.69. The quantitative estimate of drug-likeness (QED) is 0.717. The maximum atomic E-state index is 10.4. The molecule has 0 saturated carbocycles. The first-order valence-corrected chi connectivity index (χ1v) is 5.19. The van der Waals surface area contributed by atoms with Crippen LogP contribution < -0.4 is 0 Å². The van der Waals surface area contributed by atoms with E-state index in [1.807, 2.05) is 20.8 Å². The predicted octanol–water partition coefficient (Wildman–Crippen LogP) is 1.83. The molecule has 0 aliphatic carbocycles. The zero-order chi connectivity index (χ0) is 11.4. The van der Waals surface area contributed by atoms with Crippen LogP contribution in [0, 0.1) is 5.92 Å². The van der Waals surface area contributed by atoms with Crippen LogP contribution in [0.25, 0.3) is 0 Å². The lowest BCUT2D eigenvalue weighted by Crippen LogP contribution is -2.53. The monoisotopic (exact) mass is 204 g/mol. The van der Waals surface area contributed by atoms with Crippen molar-refractivity contribution in [1.82, 2.24) is 0 Å². The third-order valence-electron chi connectivity index (χ3n) is 2.74. The van der Waals surface area contributed by atoms with E-state index >= 15 is 0 Å². The fourth-order valence-corrected chi connectivity index (χ4v) is 2.19. The summed E-state index contributed by atoms with van der Waals surface area (Å²) in [5.41, 5.74) is -0.938. The van der Waals surface area contributed by atoms with Crippen LogP contribution in [-0.4, -0.2) is 37.1 Å². The molecular formula is C11H24O3. The number of methoxy groups -OCH3 is 2. The summed E-state index contributed by atoms with van der Waals surface area (Å²) in [7, 11) is 3.25. The molecule has 0 aliphatic rings. The summed E-state index contributed by atoms with van der Waals surface area (Å²) in [4.78, 5) is 0. The van der Waals surface area contributed by atoms with Crippen molar-refractivity contribution >= 4 is 0 Å². The van der Waals surface area contributed by atoms with Gasteiger partial charge in [0.1, 0.15) is 5.60 Å². The average molecular weight is 204 g/mol. The maximum absolute atomic E-state index is 10.4. The normalized spacial score (nSPS) is 20.6. The maximum Gasteiger partial charge on any atom is 0.114 e. The highest BCUT2D eigenvalue weighted by atomic mass is 16.5. The molecule has 1 unspecified atom stereocenters. The molecule has 0 heterocycles. The van der Waals surface area contributed by atoms with E-state index in [-0.39, 0.29) is 18.1 Å². The minimum atomic E-state index is -0.938. The van der Waals surface area contributed by atoms with Crippen LogP contribution in [0.2, 0.25) is 0 Å². The molecule has 3 nitrogen and oxygen atoms in total. The van der Waals surface area contributed by atoms with Gasteiger partial charge in [0, 0.05) is 14.2 Å². The SMILES string of the molecule is CC[C@@H](OC)[C@@](C)(O)C(OC)C(C)C. The Morgan fingerprint density at radius 3 is 1.93 bits per heavy atom. The van der Waals surface area contributed by atoms with Crippen LogP contribution in [0.15, 0.2) is 0 Å². The van der Waals surface area contributed by atoms with Crippen molar-refractivity contribution in [3.63, 3.8) is 0 Å². The highest BCUT2D eigenvalue weighted by molar-refractivity contribution is 4.91. The van der Waals surface area contributed by atoms with Crippen molar-refractivity contribution in [2.45, 2.75) is 51.9 Å². The fourth-order valence-electron chi connectivity index (χ4n) is 2.19. The van der Waals surface area contributed by atoms with Crippen molar-refractivity contribution in [3.05, 3.63) is 0 Å². The number of hydrogen-bond acceptors (Lipinski definition) is 3. The summed E-state index contributed by atoms with van der Waals surface area (Å²) in [6.07, 6.45) is 0.387. The molecule has 0 aromatic carbocycles. The standard InChI is InChI=1S/C11H24O3/c1-7-9(13-5)11(4,12)10(14-6)8(2)3/h8-10,12H,7H2,1-6H3/t9-,10?,11-/m1/s1. The Hall–Kier alpha value is -0.120. The van der Waals surface area contributed by atoms with Crippen molar-refractivity contribution in [3.8, 4) is 0 Å². The largest absolute Gasteiger partial charge is 0.385 e. The summed E-state index contributed by atoms with van der Waals surface area (Å²) < 4.78 is 10.6. The molecule has 0 radical (unpaired) electrons. The van der Waals surface area contributed by atoms with Crippen LogP contribution in [0.1, 0.15) is 34.1 Å². The molecule has 0 aliphatic heterocycles. The minimum Gasteiger partial charge on any atom is -0.385 e. The molecule has 3 heteroatoms. The Labute approximate surface area is 87.4 Å². The van der Waals surface area contributed by atoms with Gasteiger partial charge in [-0.1, -0.05) is 20.8 Å². The molecule has 0 aromatic heterocycles. The first kappa shape index (κ1) is 13.9. The second kappa shape index (κ2) is 5.69. The van der Waals surface area contributed by atoms with Gasteiger partial charge in [-0.15, -0.1) is 0 Å². The molecule has 0 rings (SSSR count). The molecule has 14 heavy (non-hydrogen) atoms. The number of rotatable bonds is 6. The highest BCUT2D eigenvalue weighted by Crippen LogP contribution is 2.27. The molecule has 0 saturated heterocycles. The summed E-state index contributed by atoms with van der Waals surface area (Å²) >= 11 is 0. The van der Waals surface area contributed by atoms with E-state index in [9.17, 15) is 5.11 Å². The summed E-state index contributed by atoms with van der Waals surface area (Å²) in [5.74, 6) is 0.263. The lowest BCUT2D eigenvalue weighted by Gasteiger charge is -2.39. The van der Waals surface area contributed by atoms with Gasteiger partial charge < -0.3 is 14.6 Å². The molecule has 86 valence electrons. The zero-order valence-corrected chi connectivity index (χ0v) is 10.2.